The van der Waals surface area contributed by atoms with Crippen molar-refractivity contribution in [1.82, 2.24) is 0 Å². The van der Waals surface area contributed by atoms with Gasteiger partial charge in [-0.25, -0.2) is 0 Å². The Morgan fingerprint density at radius 3 is 2.17 bits per heavy atom. The molecule has 3 heteroatoms. The highest BCUT2D eigenvalue weighted by atomic mass is 16.5. The quantitative estimate of drug-likeness (QED) is 0.269. The molecule has 3 nitrogen and oxygen atoms in total. The Hall–Kier alpha value is -1.51. The van der Waals surface area contributed by atoms with E-state index >= 15 is 0 Å². The van der Waals surface area contributed by atoms with Crippen LogP contribution in [0.5, 0.6) is 0 Å². The van der Waals surface area contributed by atoms with Crippen LogP contribution in [0.4, 0.5) is 0 Å². The molecule has 0 aliphatic carbocycles. The average molecular weight is 168 g/mol. The Bertz CT molecular complexity index is 226. The maximum absolute atomic E-state index is 10.2. The zero-order valence-corrected chi connectivity index (χ0v) is 7.29. The van der Waals surface area contributed by atoms with Crippen molar-refractivity contribution < 1.29 is 14.3 Å². The van der Waals surface area contributed by atoms with Crippen LogP contribution in [0.15, 0.2) is 36.3 Å². The predicted molar refractivity (Wildman–Crippen MR) is 46.4 cm³/mol. The van der Waals surface area contributed by atoms with Crippen LogP contribution in [-0.4, -0.2) is 20.5 Å². The molecule has 0 radical (unpaired) electrons. The lowest BCUT2D eigenvalue weighted by Crippen LogP contribution is -1.94. The van der Waals surface area contributed by atoms with Gasteiger partial charge in [-0.15, -0.1) is 0 Å². The molecule has 0 rings (SSSR count). The Kier molecular flexibility index (Phi) is 4.53. The van der Waals surface area contributed by atoms with E-state index in [1.807, 2.05) is 0 Å². The Morgan fingerprint density at radius 1 is 1.25 bits per heavy atom. The molecule has 0 fully saturated rings. The molecular weight excluding hydrogens is 156 g/mol. The van der Waals surface area contributed by atoms with Crippen LogP contribution in [-0.2, 0) is 14.3 Å². The molecule has 0 N–H and O–H groups in total. The van der Waals surface area contributed by atoms with E-state index in [9.17, 15) is 4.79 Å². The maximum Gasteiger partial charge on any atom is 0.160 e. The summed E-state index contributed by atoms with van der Waals surface area (Å²) in [6.07, 6.45) is 2.08. The molecule has 0 aliphatic heterocycles. The highest BCUT2D eigenvalue weighted by Crippen LogP contribution is 2.10. The van der Waals surface area contributed by atoms with Crippen molar-refractivity contribution in [2.45, 2.75) is 0 Å². The van der Waals surface area contributed by atoms with Gasteiger partial charge in [0, 0.05) is 5.57 Å². The van der Waals surface area contributed by atoms with Crippen molar-refractivity contribution in [1.29, 1.82) is 0 Å². The van der Waals surface area contributed by atoms with E-state index in [0.29, 0.717) is 23.4 Å². The number of carbonyl (C=O) groups excluding carboxylic acids is 1. The van der Waals surface area contributed by atoms with Gasteiger partial charge in [0.05, 0.1) is 14.2 Å². The van der Waals surface area contributed by atoms with Gasteiger partial charge >= 0.3 is 0 Å². The average Bonchev–Trinajstić information content (AvgIpc) is 2.12. The van der Waals surface area contributed by atoms with Crippen LogP contribution in [0.3, 0.4) is 0 Å². The van der Waals surface area contributed by atoms with Gasteiger partial charge in [0.2, 0.25) is 0 Å². The van der Waals surface area contributed by atoms with E-state index in [1.165, 1.54) is 20.3 Å². The molecule has 0 atom stereocenters. The first kappa shape index (κ1) is 10.5. The van der Waals surface area contributed by atoms with E-state index in [0.717, 1.165) is 0 Å². The summed E-state index contributed by atoms with van der Waals surface area (Å²) in [5.74, 6) is 0.759. The molecule has 66 valence electrons. The minimum Gasteiger partial charge on any atom is -0.493 e. The van der Waals surface area contributed by atoms with Gasteiger partial charge in [-0.1, -0.05) is 13.2 Å². The van der Waals surface area contributed by atoms with Gasteiger partial charge in [0.1, 0.15) is 6.29 Å². The van der Waals surface area contributed by atoms with Crippen LogP contribution < -0.4 is 0 Å². The minimum atomic E-state index is 0.310. The van der Waals surface area contributed by atoms with Gasteiger partial charge in [0.25, 0.3) is 0 Å². The number of aldehydes is 1. The first-order chi connectivity index (χ1) is 5.65. The maximum atomic E-state index is 10.2. The minimum absolute atomic E-state index is 0.310. The summed E-state index contributed by atoms with van der Waals surface area (Å²) in [4.78, 5) is 10.2. The summed E-state index contributed by atoms with van der Waals surface area (Å²) < 4.78 is 9.70. The van der Waals surface area contributed by atoms with E-state index in [1.54, 1.807) is 0 Å². The van der Waals surface area contributed by atoms with Gasteiger partial charge < -0.3 is 9.47 Å². The summed E-state index contributed by atoms with van der Waals surface area (Å²) in [6.45, 7) is 7.02. The number of carbonyl (C=O) groups is 1. The number of hydrogen-bond acceptors (Lipinski definition) is 3. The SMILES string of the molecule is C=C(C=O)/C=C(/OC)C(=C)OC. The number of rotatable bonds is 5. The molecular formula is C9H12O3. The molecule has 12 heavy (non-hydrogen) atoms. The molecule has 0 aromatic carbocycles. The summed E-state index contributed by atoms with van der Waals surface area (Å²) in [5.41, 5.74) is 0.310. The number of ether oxygens (including phenoxy) is 2. The van der Waals surface area contributed by atoms with E-state index < -0.39 is 0 Å². The van der Waals surface area contributed by atoms with E-state index in [4.69, 9.17) is 9.47 Å². The van der Waals surface area contributed by atoms with Crippen molar-refractivity contribution >= 4 is 6.29 Å². The lowest BCUT2D eigenvalue weighted by atomic mass is 10.2. The topological polar surface area (TPSA) is 35.5 Å². The fraction of sp³-hybridized carbons (Fsp3) is 0.222. The lowest BCUT2D eigenvalue weighted by Gasteiger charge is -2.07. The Balaban J connectivity index is 4.53. The van der Waals surface area contributed by atoms with Gasteiger partial charge in [-0.3, -0.25) is 4.79 Å². The second kappa shape index (κ2) is 5.18. The number of methoxy groups -OCH3 is 2. The summed E-state index contributed by atoms with van der Waals surface area (Å²) in [5, 5.41) is 0. The third-order valence-electron chi connectivity index (χ3n) is 1.21. The molecule has 0 saturated carbocycles. The molecule has 0 unspecified atom stereocenters. The zero-order valence-electron chi connectivity index (χ0n) is 7.29. The summed E-state index contributed by atoms with van der Waals surface area (Å²) in [6, 6.07) is 0. The Morgan fingerprint density at radius 2 is 1.83 bits per heavy atom. The second-order valence-electron chi connectivity index (χ2n) is 2.03. The summed E-state index contributed by atoms with van der Waals surface area (Å²) in [7, 11) is 2.94. The molecule has 0 heterocycles. The number of allylic oxidation sites excluding steroid dienone is 2. The molecule has 0 amide bonds. The van der Waals surface area contributed by atoms with Crippen molar-refractivity contribution in [2.75, 3.05) is 14.2 Å². The smallest absolute Gasteiger partial charge is 0.160 e. The lowest BCUT2D eigenvalue weighted by molar-refractivity contribution is -0.104. The first-order valence-corrected chi connectivity index (χ1v) is 3.28. The highest BCUT2D eigenvalue weighted by molar-refractivity contribution is 5.76. The van der Waals surface area contributed by atoms with Crippen LogP contribution in [0.1, 0.15) is 0 Å². The summed E-state index contributed by atoms with van der Waals surface area (Å²) >= 11 is 0. The number of hydrogen-bond donors (Lipinski definition) is 0. The highest BCUT2D eigenvalue weighted by Gasteiger charge is 2.01. The molecule has 0 bridgehead atoms. The Labute approximate surface area is 72.0 Å². The van der Waals surface area contributed by atoms with Gasteiger partial charge in [0.15, 0.2) is 11.5 Å². The van der Waals surface area contributed by atoms with Crippen molar-refractivity contribution in [3.63, 3.8) is 0 Å². The fourth-order valence-electron chi connectivity index (χ4n) is 0.556. The van der Waals surface area contributed by atoms with Crippen LogP contribution in [0.2, 0.25) is 0 Å². The van der Waals surface area contributed by atoms with Crippen LogP contribution in [0.25, 0.3) is 0 Å². The third-order valence-corrected chi connectivity index (χ3v) is 1.21. The first-order valence-electron chi connectivity index (χ1n) is 3.28. The standard InChI is InChI=1S/C9H12O3/c1-7(6-10)5-9(12-4)8(2)11-3/h5-6H,1-2H2,3-4H3/b9-5+. The van der Waals surface area contributed by atoms with E-state index in [2.05, 4.69) is 13.2 Å². The molecule has 0 saturated heterocycles. The van der Waals surface area contributed by atoms with Gasteiger partial charge in [-0.2, -0.15) is 0 Å². The predicted octanol–water partition coefficient (Wildman–Crippen LogP) is 1.43. The van der Waals surface area contributed by atoms with Gasteiger partial charge in [-0.05, 0) is 6.08 Å². The molecule has 0 aliphatic rings. The van der Waals surface area contributed by atoms with Crippen molar-refractivity contribution in [3.05, 3.63) is 36.3 Å². The van der Waals surface area contributed by atoms with Crippen molar-refractivity contribution in [3.8, 4) is 0 Å². The normalized spacial score (nSPS) is 10.3. The molecule has 0 aromatic heterocycles. The molecule has 0 aromatic rings. The largest absolute Gasteiger partial charge is 0.493 e. The van der Waals surface area contributed by atoms with Crippen molar-refractivity contribution in [2.24, 2.45) is 0 Å². The zero-order chi connectivity index (χ0) is 9.56. The monoisotopic (exact) mass is 168 g/mol. The van der Waals surface area contributed by atoms with Crippen LogP contribution >= 0.6 is 0 Å². The molecule has 0 spiro atoms. The second-order valence-corrected chi connectivity index (χ2v) is 2.03. The third kappa shape index (κ3) is 3.05. The van der Waals surface area contributed by atoms with Crippen LogP contribution in [0, 0.1) is 0 Å². The fourth-order valence-corrected chi connectivity index (χ4v) is 0.556. The van der Waals surface area contributed by atoms with E-state index in [-0.39, 0.29) is 0 Å².